The van der Waals surface area contributed by atoms with Crippen molar-refractivity contribution in [2.75, 3.05) is 18.5 Å². The second-order valence-corrected chi connectivity index (χ2v) is 4.87. The van der Waals surface area contributed by atoms with Gasteiger partial charge in [-0.1, -0.05) is 12.1 Å². The molecule has 0 saturated heterocycles. The molecular formula is C15H13F3N4O2. The normalized spacial score (nSPS) is 11.7. The number of hydrogen-bond acceptors (Lipinski definition) is 5. The maximum absolute atomic E-state index is 12.4. The molecule has 24 heavy (non-hydrogen) atoms. The van der Waals surface area contributed by atoms with E-state index in [9.17, 15) is 13.2 Å². The lowest BCUT2D eigenvalue weighted by Crippen LogP contribution is -2.17. The number of nitrogens with one attached hydrogen (secondary N) is 1. The number of aromatic nitrogens is 3. The summed E-state index contributed by atoms with van der Waals surface area (Å²) < 4.78 is 42.5. The Balaban J connectivity index is 1.98. The molecule has 3 rings (SSSR count). The van der Waals surface area contributed by atoms with Gasteiger partial charge in [0.25, 0.3) is 0 Å². The van der Waals surface area contributed by atoms with Crippen molar-refractivity contribution in [3.8, 4) is 16.9 Å². The van der Waals surface area contributed by atoms with E-state index in [1.807, 2.05) is 0 Å². The molecule has 0 fully saturated rings. The van der Waals surface area contributed by atoms with Crippen molar-refractivity contribution in [2.24, 2.45) is 0 Å². The summed E-state index contributed by atoms with van der Waals surface area (Å²) in [5.41, 5.74) is 1.54. The van der Waals surface area contributed by atoms with Gasteiger partial charge in [-0.3, -0.25) is 0 Å². The van der Waals surface area contributed by atoms with Crippen LogP contribution in [0, 0.1) is 0 Å². The Morgan fingerprint density at radius 1 is 1.25 bits per heavy atom. The van der Waals surface area contributed by atoms with Crippen LogP contribution in [0.4, 0.5) is 19.0 Å². The first kappa shape index (κ1) is 16.1. The van der Waals surface area contributed by atoms with E-state index in [4.69, 9.17) is 5.11 Å². The fraction of sp³-hybridized carbons (Fsp3) is 0.200. The van der Waals surface area contributed by atoms with E-state index < -0.39 is 6.36 Å². The molecular weight excluding hydrogens is 325 g/mol. The summed E-state index contributed by atoms with van der Waals surface area (Å²) >= 11 is 0. The number of fused-ring (bicyclic) bond motifs is 1. The van der Waals surface area contributed by atoms with E-state index in [2.05, 4.69) is 20.1 Å². The van der Waals surface area contributed by atoms with Crippen LogP contribution in [0.15, 0.2) is 42.7 Å². The Hall–Kier alpha value is -2.81. The van der Waals surface area contributed by atoms with Crippen molar-refractivity contribution in [2.45, 2.75) is 6.36 Å². The molecule has 0 unspecified atom stereocenters. The Kier molecular flexibility index (Phi) is 4.26. The summed E-state index contributed by atoms with van der Waals surface area (Å²) in [7, 11) is 0. The predicted octanol–water partition coefficient (Wildman–Crippen LogP) is 2.70. The van der Waals surface area contributed by atoms with Gasteiger partial charge in [0.05, 0.1) is 12.8 Å². The molecule has 2 aromatic heterocycles. The number of benzene rings is 1. The van der Waals surface area contributed by atoms with Crippen molar-refractivity contribution in [3.05, 3.63) is 42.7 Å². The fourth-order valence-corrected chi connectivity index (χ4v) is 2.22. The number of anilines is 1. The maximum Gasteiger partial charge on any atom is 0.573 e. The van der Waals surface area contributed by atoms with Gasteiger partial charge in [-0.15, -0.1) is 13.2 Å². The third kappa shape index (κ3) is 3.57. The lowest BCUT2D eigenvalue weighted by Gasteiger charge is -2.09. The van der Waals surface area contributed by atoms with Crippen molar-refractivity contribution in [1.82, 2.24) is 14.6 Å². The molecule has 0 atom stereocenters. The van der Waals surface area contributed by atoms with Crippen LogP contribution in [0.3, 0.4) is 0 Å². The molecule has 3 aromatic rings. The Labute approximate surface area is 134 Å². The molecule has 6 nitrogen and oxygen atoms in total. The molecule has 0 amide bonds. The lowest BCUT2D eigenvalue weighted by atomic mass is 10.1. The van der Waals surface area contributed by atoms with Crippen molar-refractivity contribution in [3.63, 3.8) is 0 Å². The summed E-state index contributed by atoms with van der Waals surface area (Å²) in [4.78, 5) is 4.37. The summed E-state index contributed by atoms with van der Waals surface area (Å²) in [5, 5.41) is 15.9. The molecule has 0 radical (unpaired) electrons. The van der Waals surface area contributed by atoms with Gasteiger partial charge in [0.2, 0.25) is 0 Å². The number of hydrogen-bond donors (Lipinski definition) is 2. The fourth-order valence-electron chi connectivity index (χ4n) is 2.22. The quantitative estimate of drug-likeness (QED) is 0.748. The highest BCUT2D eigenvalue weighted by atomic mass is 19.4. The van der Waals surface area contributed by atoms with E-state index >= 15 is 0 Å². The summed E-state index contributed by atoms with van der Waals surface area (Å²) in [6.07, 6.45) is -1.56. The van der Waals surface area contributed by atoms with Crippen LogP contribution in [0.25, 0.3) is 16.8 Å². The highest BCUT2D eigenvalue weighted by molar-refractivity contribution is 5.78. The zero-order valence-corrected chi connectivity index (χ0v) is 12.3. The number of rotatable bonds is 5. The van der Waals surface area contributed by atoms with Gasteiger partial charge >= 0.3 is 6.36 Å². The Morgan fingerprint density at radius 2 is 2.08 bits per heavy atom. The zero-order chi connectivity index (χ0) is 17.2. The highest BCUT2D eigenvalue weighted by Gasteiger charge is 2.31. The van der Waals surface area contributed by atoms with Crippen LogP contribution in [-0.4, -0.2) is 39.2 Å². The molecule has 0 aliphatic heterocycles. The molecule has 1 aromatic carbocycles. The van der Waals surface area contributed by atoms with Gasteiger partial charge in [-0.25, -0.2) is 9.50 Å². The topological polar surface area (TPSA) is 71.7 Å². The zero-order valence-electron chi connectivity index (χ0n) is 12.3. The molecule has 2 heterocycles. The smallest absolute Gasteiger partial charge is 0.406 e. The summed E-state index contributed by atoms with van der Waals surface area (Å²) in [5.74, 6) is 0.218. The van der Waals surface area contributed by atoms with E-state index in [1.54, 1.807) is 18.3 Å². The molecule has 0 aliphatic rings. The van der Waals surface area contributed by atoms with Gasteiger partial charge in [-0.2, -0.15) is 5.10 Å². The third-order valence-electron chi connectivity index (χ3n) is 3.17. The largest absolute Gasteiger partial charge is 0.573 e. The molecule has 0 bridgehead atoms. The number of nitrogens with zero attached hydrogens (tertiary/aromatic N) is 3. The SMILES string of the molecule is OCCNc1ccn2ncc(-c3cccc(OC(F)(F)F)c3)c2n1. The third-order valence-corrected chi connectivity index (χ3v) is 3.17. The Bertz CT molecular complexity index is 848. The number of halogens is 3. The first-order valence-electron chi connectivity index (χ1n) is 7.01. The minimum atomic E-state index is -4.75. The molecule has 2 N–H and O–H groups in total. The average molecular weight is 338 g/mol. The standard InChI is InChI=1S/C15H13F3N4O2/c16-15(17,18)24-11-3-1-2-10(8-11)12-9-20-22-6-4-13(19-5-7-23)21-14(12)22/h1-4,6,8-9,23H,5,7H2,(H,19,21). The first-order valence-corrected chi connectivity index (χ1v) is 7.01. The number of alkyl halides is 3. The van der Waals surface area contributed by atoms with Crippen molar-refractivity contribution >= 4 is 11.5 Å². The second kappa shape index (κ2) is 6.36. The van der Waals surface area contributed by atoms with Crippen LogP contribution >= 0.6 is 0 Å². The van der Waals surface area contributed by atoms with Crippen LogP contribution in [-0.2, 0) is 0 Å². The number of aliphatic hydroxyl groups is 1. The molecule has 9 heteroatoms. The predicted molar refractivity (Wildman–Crippen MR) is 80.7 cm³/mol. The minimum Gasteiger partial charge on any atom is -0.406 e. The maximum atomic E-state index is 12.4. The molecule has 0 spiro atoms. The molecule has 0 saturated carbocycles. The van der Waals surface area contributed by atoms with E-state index in [0.717, 1.165) is 0 Å². The lowest BCUT2D eigenvalue weighted by molar-refractivity contribution is -0.274. The number of aliphatic hydroxyl groups excluding tert-OH is 1. The van der Waals surface area contributed by atoms with E-state index in [1.165, 1.54) is 28.9 Å². The van der Waals surface area contributed by atoms with Crippen LogP contribution in [0.5, 0.6) is 5.75 Å². The van der Waals surface area contributed by atoms with Gasteiger partial charge in [0, 0.05) is 18.3 Å². The molecule has 0 aliphatic carbocycles. The number of ether oxygens (including phenoxy) is 1. The second-order valence-electron chi connectivity index (χ2n) is 4.87. The van der Waals surface area contributed by atoms with Gasteiger partial charge in [-0.05, 0) is 23.8 Å². The summed E-state index contributed by atoms with van der Waals surface area (Å²) in [6.45, 7) is 0.289. The van der Waals surface area contributed by atoms with Gasteiger partial charge < -0.3 is 15.2 Å². The van der Waals surface area contributed by atoms with E-state index in [-0.39, 0.29) is 12.4 Å². The van der Waals surface area contributed by atoms with Crippen molar-refractivity contribution in [1.29, 1.82) is 0 Å². The highest BCUT2D eigenvalue weighted by Crippen LogP contribution is 2.29. The van der Waals surface area contributed by atoms with E-state index in [0.29, 0.717) is 29.1 Å². The van der Waals surface area contributed by atoms with Crippen LogP contribution in [0.1, 0.15) is 0 Å². The van der Waals surface area contributed by atoms with Gasteiger partial charge in [0.15, 0.2) is 5.65 Å². The van der Waals surface area contributed by atoms with Crippen molar-refractivity contribution < 1.29 is 23.0 Å². The Morgan fingerprint density at radius 3 is 2.83 bits per heavy atom. The molecule has 126 valence electrons. The van der Waals surface area contributed by atoms with Crippen LogP contribution < -0.4 is 10.1 Å². The first-order chi connectivity index (χ1) is 11.5. The minimum absolute atomic E-state index is 0.0458. The monoisotopic (exact) mass is 338 g/mol. The summed E-state index contributed by atoms with van der Waals surface area (Å²) in [6, 6.07) is 7.30. The van der Waals surface area contributed by atoms with Crippen LogP contribution in [0.2, 0.25) is 0 Å². The van der Waals surface area contributed by atoms with Gasteiger partial charge in [0.1, 0.15) is 11.6 Å². The average Bonchev–Trinajstić information content (AvgIpc) is 2.94.